The zero-order chi connectivity index (χ0) is 9.14. The van der Waals surface area contributed by atoms with Crippen LogP contribution in [-0.4, -0.2) is 30.8 Å². The summed E-state index contributed by atoms with van der Waals surface area (Å²) in [5.41, 5.74) is 0. The fraction of sp³-hybridized carbons (Fsp3) is 0.571. The Bertz CT molecular complexity index is 236. The molecule has 1 saturated heterocycles. The normalized spacial score (nSPS) is 22.2. The fourth-order valence-electron chi connectivity index (χ4n) is 0.966. The van der Waals surface area contributed by atoms with Gasteiger partial charge in [0, 0.05) is 6.54 Å². The van der Waals surface area contributed by atoms with Crippen LogP contribution in [0.2, 0.25) is 0 Å². The molecule has 0 radical (unpaired) electrons. The van der Waals surface area contributed by atoms with Crippen LogP contribution in [0.5, 0.6) is 0 Å². The maximum absolute atomic E-state index is 11.0. The molecular formula is C7H9NO4. The first-order chi connectivity index (χ1) is 5.66. The average molecular weight is 171 g/mol. The van der Waals surface area contributed by atoms with Crippen LogP contribution in [0, 0.1) is 5.92 Å². The highest BCUT2D eigenvalue weighted by atomic mass is 16.5. The Balaban J connectivity index is 2.59. The van der Waals surface area contributed by atoms with Gasteiger partial charge in [0.25, 0.3) is 5.91 Å². The second-order valence-corrected chi connectivity index (χ2v) is 2.38. The van der Waals surface area contributed by atoms with E-state index in [2.05, 4.69) is 10.1 Å². The second-order valence-electron chi connectivity index (χ2n) is 2.38. The lowest BCUT2D eigenvalue weighted by Gasteiger charge is -2.03. The van der Waals surface area contributed by atoms with E-state index in [4.69, 9.17) is 0 Å². The van der Waals surface area contributed by atoms with E-state index in [9.17, 15) is 14.4 Å². The highest BCUT2D eigenvalue weighted by molar-refractivity contribution is 6.42. The van der Waals surface area contributed by atoms with Gasteiger partial charge in [-0.25, -0.2) is 0 Å². The number of ketones is 1. The summed E-state index contributed by atoms with van der Waals surface area (Å²) in [6.07, 6.45) is 0. The summed E-state index contributed by atoms with van der Waals surface area (Å²) in [5, 5.41) is 2.27. The van der Waals surface area contributed by atoms with Gasteiger partial charge in [0.2, 0.25) is 5.78 Å². The average Bonchev–Trinajstić information content (AvgIpc) is 2.34. The molecule has 1 heterocycles. The SMILES string of the molecule is CCOC(=O)[C@H]1CNC(=O)C1=O. The molecule has 66 valence electrons. The van der Waals surface area contributed by atoms with E-state index in [-0.39, 0.29) is 13.2 Å². The van der Waals surface area contributed by atoms with Crippen molar-refractivity contribution >= 4 is 17.7 Å². The molecule has 1 atom stereocenters. The first kappa shape index (κ1) is 8.70. The van der Waals surface area contributed by atoms with Gasteiger partial charge in [0.15, 0.2) is 0 Å². The summed E-state index contributed by atoms with van der Waals surface area (Å²) >= 11 is 0. The van der Waals surface area contributed by atoms with Crippen LogP contribution in [0.25, 0.3) is 0 Å². The van der Waals surface area contributed by atoms with E-state index in [1.165, 1.54) is 0 Å². The molecule has 1 fully saturated rings. The lowest BCUT2D eigenvalue weighted by atomic mass is 10.1. The van der Waals surface area contributed by atoms with Gasteiger partial charge in [-0.05, 0) is 6.92 Å². The van der Waals surface area contributed by atoms with Crippen LogP contribution < -0.4 is 5.32 Å². The molecule has 5 heteroatoms. The van der Waals surface area contributed by atoms with Gasteiger partial charge < -0.3 is 10.1 Å². The summed E-state index contributed by atoms with van der Waals surface area (Å²) in [7, 11) is 0. The van der Waals surface area contributed by atoms with Crippen molar-refractivity contribution in [1.29, 1.82) is 0 Å². The highest BCUT2D eigenvalue weighted by Crippen LogP contribution is 2.06. The predicted octanol–water partition coefficient (Wildman–Crippen LogP) is -1.14. The zero-order valence-corrected chi connectivity index (χ0v) is 6.62. The van der Waals surface area contributed by atoms with Crippen LogP contribution in [-0.2, 0) is 19.1 Å². The van der Waals surface area contributed by atoms with E-state index in [1.807, 2.05) is 0 Å². The number of hydrogen-bond donors (Lipinski definition) is 1. The van der Waals surface area contributed by atoms with Crippen molar-refractivity contribution in [3.63, 3.8) is 0 Å². The summed E-state index contributed by atoms with van der Waals surface area (Å²) in [5.74, 6) is -2.96. The first-order valence-corrected chi connectivity index (χ1v) is 3.65. The van der Waals surface area contributed by atoms with E-state index in [0.717, 1.165) is 0 Å². The predicted molar refractivity (Wildman–Crippen MR) is 38.1 cm³/mol. The van der Waals surface area contributed by atoms with Crippen molar-refractivity contribution in [1.82, 2.24) is 5.32 Å². The standard InChI is InChI=1S/C7H9NO4/c1-2-12-7(11)4-3-8-6(10)5(4)9/h4H,2-3H2,1H3,(H,8,10)/t4-/m0/s1. The molecule has 0 aromatic heterocycles. The van der Waals surface area contributed by atoms with E-state index >= 15 is 0 Å². The zero-order valence-electron chi connectivity index (χ0n) is 6.62. The molecule has 1 N–H and O–H groups in total. The van der Waals surface area contributed by atoms with Gasteiger partial charge in [-0.1, -0.05) is 0 Å². The van der Waals surface area contributed by atoms with Gasteiger partial charge >= 0.3 is 5.97 Å². The molecule has 0 aromatic rings. The number of nitrogens with one attached hydrogen (secondary N) is 1. The Hall–Kier alpha value is -1.39. The molecule has 5 nitrogen and oxygen atoms in total. The minimum absolute atomic E-state index is 0.0660. The number of carbonyl (C=O) groups is 3. The summed E-state index contributed by atoms with van der Waals surface area (Å²) in [6, 6.07) is 0. The van der Waals surface area contributed by atoms with Gasteiger partial charge in [-0.15, -0.1) is 0 Å². The molecule has 0 spiro atoms. The van der Waals surface area contributed by atoms with Crippen molar-refractivity contribution in [2.45, 2.75) is 6.92 Å². The minimum Gasteiger partial charge on any atom is -0.465 e. The maximum Gasteiger partial charge on any atom is 0.318 e. The highest BCUT2D eigenvalue weighted by Gasteiger charge is 2.38. The van der Waals surface area contributed by atoms with Gasteiger partial charge in [-0.3, -0.25) is 14.4 Å². The van der Waals surface area contributed by atoms with Gasteiger partial charge in [0.05, 0.1) is 6.61 Å². The van der Waals surface area contributed by atoms with Crippen LogP contribution >= 0.6 is 0 Å². The maximum atomic E-state index is 11.0. The van der Waals surface area contributed by atoms with E-state index < -0.39 is 23.6 Å². The van der Waals surface area contributed by atoms with Crippen LogP contribution in [0.4, 0.5) is 0 Å². The molecular weight excluding hydrogens is 162 g/mol. The molecule has 0 unspecified atom stereocenters. The quantitative estimate of drug-likeness (QED) is 0.324. The summed E-state index contributed by atoms with van der Waals surface area (Å²) in [4.78, 5) is 32.5. The number of amides is 1. The number of Topliss-reactive ketones (excluding diaryl/α,β-unsaturated/α-hetero) is 1. The van der Waals surface area contributed by atoms with Crippen LogP contribution in [0.3, 0.4) is 0 Å². The Kier molecular flexibility index (Phi) is 2.42. The lowest BCUT2D eigenvalue weighted by molar-refractivity contribution is -0.151. The van der Waals surface area contributed by atoms with Crippen LogP contribution in [0.1, 0.15) is 6.92 Å². The molecule has 12 heavy (non-hydrogen) atoms. The number of hydrogen-bond acceptors (Lipinski definition) is 4. The third kappa shape index (κ3) is 1.44. The van der Waals surface area contributed by atoms with E-state index in [1.54, 1.807) is 6.92 Å². The van der Waals surface area contributed by atoms with Crippen molar-refractivity contribution in [2.75, 3.05) is 13.2 Å². The topological polar surface area (TPSA) is 72.5 Å². The van der Waals surface area contributed by atoms with Crippen molar-refractivity contribution in [3.05, 3.63) is 0 Å². The van der Waals surface area contributed by atoms with Gasteiger partial charge in [-0.2, -0.15) is 0 Å². The second kappa shape index (κ2) is 3.34. The monoisotopic (exact) mass is 171 g/mol. The number of carbonyl (C=O) groups excluding carboxylic acids is 3. The molecule has 0 saturated carbocycles. The Morgan fingerprint density at radius 3 is 2.75 bits per heavy atom. The van der Waals surface area contributed by atoms with Crippen LogP contribution in [0.15, 0.2) is 0 Å². The molecule has 0 aromatic carbocycles. The molecule has 1 aliphatic heterocycles. The van der Waals surface area contributed by atoms with Crippen molar-refractivity contribution in [3.8, 4) is 0 Å². The fourth-order valence-corrected chi connectivity index (χ4v) is 0.966. The number of esters is 1. The number of rotatable bonds is 2. The van der Waals surface area contributed by atoms with E-state index in [0.29, 0.717) is 0 Å². The third-order valence-electron chi connectivity index (χ3n) is 1.58. The molecule has 1 aliphatic rings. The molecule has 0 aliphatic carbocycles. The summed E-state index contributed by atoms with van der Waals surface area (Å²) in [6.45, 7) is 1.93. The first-order valence-electron chi connectivity index (χ1n) is 3.65. The van der Waals surface area contributed by atoms with Crippen molar-refractivity contribution < 1.29 is 19.1 Å². The Morgan fingerprint density at radius 2 is 2.33 bits per heavy atom. The van der Waals surface area contributed by atoms with Gasteiger partial charge in [0.1, 0.15) is 5.92 Å². The minimum atomic E-state index is -0.933. The Morgan fingerprint density at radius 1 is 1.67 bits per heavy atom. The largest absolute Gasteiger partial charge is 0.465 e. The molecule has 1 amide bonds. The summed E-state index contributed by atoms with van der Waals surface area (Å²) < 4.78 is 4.59. The number of ether oxygens (including phenoxy) is 1. The van der Waals surface area contributed by atoms with Crippen molar-refractivity contribution in [2.24, 2.45) is 5.92 Å². The third-order valence-corrected chi connectivity index (χ3v) is 1.58. The molecule has 0 bridgehead atoms. The lowest BCUT2D eigenvalue weighted by Crippen LogP contribution is -2.25. The molecule has 1 rings (SSSR count). The Labute approximate surface area is 69.1 Å². The smallest absolute Gasteiger partial charge is 0.318 e.